The second-order valence-corrected chi connectivity index (χ2v) is 2.68. The van der Waals surface area contributed by atoms with Crippen molar-refractivity contribution in [3.8, 4) is 0 Å². The average Bonchev–Trinajstić information content (AvgIpc) is 2.38. The van der Waals surface area contributed by atoms with E-state index in [9.17, 15) is 0 Å². The molecule has 0 aromatic heterocycles. The van der Waals surface area contributed by atoms with Crippen LogP contribution >= 0.6 is 0 Å². The van der Waals surface area contributed by atoms with E-state index in [-0.39, 0.29) is 51.0 Å². The zero-order valence-electron chi connectivity index (χ0n) is 9.30. The molecule has 0 saturated heterocycles. The van der Waals surface area contributed by atoms with Crippen LogP contribution < -0.4 is 24.8 Å². The maximum Gasteiger partial charge on any atom is 4.00 e. The first-order chi connectivity index (χ1) is 5.70. The smallest absolute Gasteiger partial charge is 1.00 e. The number of halogens is 2. The van der Waals surface area contributed by atoms with Gasteiger partial charge in [0.25, 0.3) is 0 Å². The Morgan fingerprint density at radius 3 is 1.87 bits per heavy atom. The number of hydrogen-bond acceptors (Lipinski definition) is 0. The fourth-order valence-corrected chi connectivity index (χ4v) is 0.829. The maximum absolute atomic E-state index is 4.93. The summed E-state index contributed by atoms with van der Waals surface area (Å²) < 4.78 is 0. The van der Waals surface area contributed by atoms with Crippen molar-refractivity contribution in [3.63, 3.8) is 0 Å². The fourth-order valence-electron chi connectivity index (χ4n) is 0.829. The van der Waals surface area contributed by atoms with Gasteiger partial charge in [-0.1, -0.05) is 20.8 Å². The molecule has 0 radical (unpaired) electrons. The standard InChI is InChI=1S/C7H9.C5H7.2ClH.Zr/c1-6-3-4-7(2)5-6;1-3-5-4-2;;;/h3-5H,1-2H3;1,3-5H,2H3;2*1H;/q2*-1;;;+4/p-2. The first-order valence-corrected chi connectivity index (χ1v) is 4.07. The van der Waals surface area contributed by atoms with Crippen LogP contribution in [0, 0.1) is 20.4 Å². The third kappa shape index (κ3) is 16.9. The first kappa shape index (κ1) is 24.5. The third-order valence-corrected chi connectivity index (χ3v) is 1.37. The Bertz CT molecular complexity index is 235. The molecule has 0 bridgehead atoms. The summed E-state index contributed by atoms with van der Waals surface area (Å²) in [5.74, 6) is 0. The van der Waals surface area contributed by atoms with E-state index in [1.165, 1.54) is 17.2 Å². The molecule has 0 nitrogen and oxygen atoms in total. The van der Waals surface area contributed by atoms with Gasteiger partial charge in [-0.25, -0.2) is 23.8 Å². The van der Waals surface area contributed by atoms with Gasteiger partial charge in [-0.15, -0.1) is 0 Å². The minimum absolute atomic E-state index is 0. The number of allylic oxidation sites excluding steroid dienone is 3. The average molecular weight is 322 g/mol. The fraction of sp³-hybridized carbons (Fsp3) is 0.250. The second-order valence-electron chi connectivity index (χ2n) is 2.68. The molecule has 3 heteroatoms. The Kier molecular flexibility index (Phi) is 27.3. The monoisotopic (exact) mass is 320 g/mol. The van der Waals surface area contributed by atoms with Gasteiger partial charge >= 0.3 is 26.2 Å². The minimum atomic E-state index is 0. The topological polar surface area (TPSA) is 0 Å². The summed E-state index contributed by atoms with van der Waals surface area (Å²) >= 11 is 0. The van der Waals surface area contributed by atoms with Gasteiger partial charge in [0, 0.05) is 0 Å². The van der Waals surface area contributed by atoms with Crippen molar-refractivity contribution in [2.45, 2.75) is 20.8 Å². The van der Waals surface area contributed by atoms with Crippen LogP contribution in [0.3, 0.4) is 0 Å². The molecule has 0 aliphatic heterocycles. The summed E-state index contributed by atoms with van der Waals surface area (Å²) in [5.41, 5.74) is 2.72. The van der Waals surface area contributed by atoms with Crippen LogP contribution in [0.15, 0.2) is 36.4 Å². The molecule has 0 aliphatic rings. The van der Waals surface area contributed by atoms with Crippen molar-refractivity contribution in [2.75, 3.05) is 0 Å². The molecule has 1 aromatic carbocycles. The Balaban J connectivity index is -0.0000000701. The van der Waals surface area contributed by atoms with Crippen LogP contribution in [0.5, 0.6) is 0 Å². The maximum atomic E-state index is 4.93. The summed E-state index contributed by atoms with van der Waals surface area (Å²) in [5, 5.41) is 0. The van der Waals surface area contributed by atoms with Crippen LogP contribution in [0.25, 0.3) is 0 Å². The Labute approximate surface area is 125 Å². The van der Waals surface area contributed by atoms with Gasteiger partial charge in [-0.05, 0) is 0 Å². The molecule has 15 heavy (non-hydrogen) atoms. The van der Waals surface area contributed by atoms with Gasteiger partial charge in [0.2, 0.25) is 0 Å². The molecule has 0 amide bonds. The first-order valence-electron chi connectivity index (χ1n) is 4.07. The van der Waals surface area contributed by atoms with E-state index in [0.717, 1.165) is 0 Å². The van der Waals surface area contributed by atoms with E-state index in [0.29, 0.717) is 0 Å². The number of aryl methyl sites for hydroxylation is 2. The Morgan fingerprint density at radius 2 is 1.80 bits per heavy atom. The molecule has 1 rings (SSSR count). The number of rotatable bonds is 1. The molecule has 1 aromatic rings. The molecule has 82 valence electrons. The molecule has 0 fully saturated rings. The van der Waals surface area contributed by atoms with E-state index in [4.69, 9.17) is 6.58 Å². The zero-order chi connectivity index (χ0) is 9.40. The van der Waals surface area contributed by atoms with E-state index in [2.05, 4.69) is 32.0 Å². The molecule has 0 aliphatic carbocycles. The van der Waals surface area contributed by atoms with Crippen LogP contribution in [-0.4, -0.2) is 0 Å². The quantitative estimate of drug-likeness (QED) is 0.399. The molecule has 0 spiro atoms. The Hall–Kier alpha value is 0.293. The van der Waals surface area contributed by atoms with E-state index < -0.39 is 0 Å². The normalized spacial score (nSPS) is 7.40. The summed E-state index contributed by atoms with van der Waals surface area (Å²) in [6.07, 6.45) is 5.15. The molecule has 0 N–H and O–H groups in total. The van der Waals surface area contributed by atoms with Crippen LogP contribution in [-0.2, 0) is 26.2 Å². The SMILES string of the molecule is Cc1c[cH-]c(C)c1.[CH-]=CC=CC.[Cl-].[Cl-].[Zr+4]. The van der Waals surface area contributed by atoms with E-state index in [1.54, 1.807) is 6.08 Å². The largest absolute Gasteiger partial charge is 4.00 e. The van der Waals surface area contributed by atoms with Crippen molar-refractivity contribution in [3.05, 3.63) is 54.1 Å². The molecule has 0 heterocycles. The van der Waals surface area contributed by atoms with Gasteiger partial charge in [-0.3, -0.25) is 6.58 Å². The van der Waals surface area contributed by atoms with Crippen molar-refractivity contribution in [1.82, 2.24) is 0 Å². The second kappa shape index (κ2) is 16.7. The van der Waals surface area contributed by atoms with Gasteiger partial charge in [0.1, 0.15) is 0 Å². The molecular formula is C12H16Cl2Zr. The van der Waals surface area contributed by atoms with Crippen LogP contribution in [0.1, 0.15) is 18.1 Å². The molecule has 0 saturated carbocycles. The Morgan fingerprint density at radius 1 is 1.27 bits per heavy atom. The van der Waals surface area contributed by atoms with Crippen molar-refractivity contribution >= 4 is 0 Å². The van der Waals surface area contributed by atoms with Gasteiger partial charge in [0.15, 0.2) is 0 Å². The zero-order valence-corrected chi connectivity index (χ0v) is 13.3. The minimum Gasteiger partial charge on any atom is -1.00 e. The van der Waals surface area contributed by atoms with E-state index >= 15 is 0 Å². The summed E-state index contributed by atoms with van der Waals surface area (Å²) in [6.45, 7) is 11.1. The van der Waals surface area contributed by atoms with Crippen LogP contribution in [0.4, 0.5) is 0 Å². The summed E-state index contributed by atoms with van der Waals surface area (Å²) in [6, 6.07) is 6.41. The molecule has 0 atom stereocenters. The van der Waals surface area contributed by atoms with E-state index in [1.807, 2.05) is 13.0 Å². The van der Waals surface area contributed by atoms with Gasteiger partial charge in [-0.2, -0.15) is 23.8 Å². The third-order valence-electron chi connectivity index (χ3n) is 1.37. The number of hydrogen-bond donors (Lipinski definition) is 0. The van der Waals surface area contributed by atoms with Crippen molar-refractivity contribution in [2.24, 2.45) is 0 Å². The summed E-state index contributed by atoms with van der Waals surface area (Å²) in [7, 11) is 0. The van der Waals surface area contributed by atoms with Gasteiger partial charge in [0.05, 0.1) is 0 Å². The predicted octanol–water partition coefficient (Wildman–Crippen LogP) is -2.42. The molecule has 0 unspecified atom stereocenters. The molecular weight excluding hydrogens is 306 g/mol. The predicted molar refractivity (Wildman–Crippen MR) is 55.2 cm³/mol. The summed E-state index contributed by atoms with van der Waals surface area (Å²) in [4.78, 5) is 0. The van der Waals surface area contributed by atoms with Crippen LogP contribution in [0.2, 0.25) is 0 Å². The van der Waals surface area contributed by atoms with Gasteiger partial charge < -0.3 is 24.8 Å². The van der Waals surface area contributed by atoms with Crippen molar-refractivity contribution in [1.29, 1.82) is 0 Å². The van der Waals surface area contributed by atoms with Crippen molar-refractivity contribution < 1.29 is 51.0 Å².